The number of hydrogen-bond acceptors (Lipinski definition) is 5. The minimum Gasteiger partial charge on any atom is -0.375 e. The summed E-state index contributed by atoms with van der Waals surface area (Å²) >= 11 is 0. The molecule has 3 atom stereocenters. The topological polar surface area (TPSA) is 60.2 Å². The predicted molar refractivity (Wildman–Crippen MR) is 71.0 cm³/mol. The SMILES string of the molecule is CC1CCCC(c2noc(CC3CNCCO3)n2)C1. The second-order valence-corrected chi connectivity index (χ2v) is 5.92. The zero-order valence-corrected chi connectivity index (χ0v) is 11.6. The molecular formula is C14H23N3O2. The van der Waals surface area contributed by atoms with Crippen LogP contribution in [0.5, 0.6) is 0 Å². The van der Waals surface area contributed by atoms with Gasteiger partial charge in [0.25, 0.3) is 0 Å². The highest BCUT2D eigenvalue weighted by Gasteiger charge is 2.25. The van der Waals surface area contributed by atoms with Crippen molar-refractivity contribution >= 4 is 0 Å². The van der Waals surface area contributed by atoms with Gasteiger partial charge < -0.3 is 14.6 Å². The van der Waals surface area contributed by atoms with Crippen LogP contribution in [0.3, 0.4) is 0 Å². The highest BCUT2D eigenvalue weighted by atomic mass is 16.5. The number of nitrogens with one attached hydrogen (secondary N) is 1. The van der Waals surface area contributed by atoms with E-state index in [1.54, 1.807) is 0 Å². The Morgan fingerprint density at radius 1 is 1.37 bits per heavy atom. The fourth-order valence-corrected chi connectivity index (χ4v) is 3.13. The Bertz CT molecular complexity index is 401. The molecule has 1 N–H and O–H groups in total. The molecule has 1 aromatic rings. The van der Waals surface area contributed by atoms with Crippen molar-refractivity contribution in [2.45, 2.75) is 51.0 Å². The van der Waals surface area contributed by atoms with Crippen molar-refractivity contribution in [3.05, 3.63) is 11.7 Å². The highest BCUT2D eigenvalue weighted by Crippen LogP contribution is 2.34. The van der Waals surface area contributed by atoms with Crippen molar-refractivity contribution in [1.29, 1.82) is 0 Å². The predicted octanol–water partition coefficient (Wildman–Crippen LogP) is 1.89. The Morgan fingerprint density at radius 2 is 2.32 bits per heavy atom. The summed E-state index contributed by atoms with van der Waals surface area (Å²) in [4.78, 5) is 4.58. The van der Waals surface area contributed by atoms with Crippen molar-refractivity contribution in [2.24, 2.45) is 5.92 Å². The molecule has 3 rings (SSSR count). The van der Waals surface area contributed by atoms with E-state index in [2.05, 4.69) is 22.4 Å². The number of morpholine rings is 1. The Labute approximate surface area is 114 Å². The number of ether oxygens (including phenoxy) is 1. The third kappa shape index (κ3) is 3.34. The smallest absolute Gasteiger partial charge is 0.229 e. The van der Waals surface area contributed by atoms with Crippen LogP contribution in [0.1, 0.15) is 50.2 Å². The summed E-state index contributed by atoms with van der Waals surface area (Å²) in [5.74, 6) is 2.91. The lowest BCUT2D eigenvalue weighted by molar-refractivity contribution is 0.0246. The van der Waals surface area contributed by atoms with Crippen molar-refractivity contribution < 1.29 is 9.26 Å². The monoisotopic (exact) mass is 265 g/mol. The van der Waals surface area contributed by atoms with Crippen LogP contribution in [0.4, 0.5) is 0 Å². The summed E-state index contributed by atoms with van der Waals surface area (Å²) in [5, 5.41) is 7.49. The fraction of sp³-hybridized carbons (Fsp3) is 0.857. The molecule has 5 heteroatoms. The summed E-state index contributed by atoms with van der Waals surface area (Å²) < 4.78 is 11.1. The Kier molecular flexibility index (Phi) is 4.13. The lowest BCUT2D eigenvalue weighted by Gasteiger charge is -2.24. The van der Waals surface area contributed by atoms with Crippen LogP contribution in [0.15, 0.2) is 4.52 Å². The van der Waals surface area contributed by atoms with Gasteiger partial charge in [-0.3, -0.25) is 0 Å². The van der Waals surface area contributed by atoms with E-state index in [0.29, 0.717) is 5.92 Å². The number of nitrogens with zero attached hydrogens (tertiary/aromatic N) is 2. The van der Waals surface area contributed by atoms with Gasteiger partial charge in [-0.2, -0.15) is 4.98 Å². The first-order chi connectivity index (χ1) is 9.31. The highest BCUT2D eigenvalue weighted by molar-refractivity contribution is 4.98. The van der Waals surface area contributed by atoms with Crippen LogP contribution < -0.4 is 5.32 Å². The van der Waals surface area contributed by atoms with E-state index in [1.165, 1.54) is 25.7 Å². The first kappa shape index (κ1) is 13.1. The lowest BCUT2D eigenvalue weighted by Crippen LogP contribution is -2.39. The Hall–Kier alpha value is -0.940. The second-order valence-electron chi connectivity index (χ2n) is 5.92. The van der Waals surface area contributed by atoms with Gasteiger partial charge in [0.1, 0.15) is 0 Å². The average Bonchev–Trinajstić information content (AvgIpc) is 2.88. The van der Waals surface area contributed by atoms with E-state index >= 15 is 0 Å². The summed E-state index contributed by atoms with van der Waals surface area (Å²) in [6, 6.07) is 0. The van der Waals surface area contributed by atoms with E-state index < -0.39 is 0 Å². The summed E-state index contributed by atoms with van der Waals surface area (Å²) in [5.41, 5.74) is 0. The molecule has 2 fully saturated rings. The van der Waals surface area contributed by atoms with Gasteiger partial charge in [0.15, 0.2) is 5.82 Å². The minimum atomic E-state index is 0.173. The van der Waals surface area contributed by atoms with Crippen molar-refractivity contribution in [3.8, 4) is 0 Å². The molecule has 0 radical (unpaired) electrons. The second kappa shape index (κ2) is 6.01. The molecule has 0 aromatic carbocycles. The van der Waals surface area contributed by atoms with E-state index in [4.69, 9.17) is 9.26 Å². The van der Waals surface area contributed by atoms with Gasteiger partial charge in [0.2, 0.25) is 5.89 Å². The Morgan fingerprint density at radius 3 is 3.11 bits per heavy atom. The Balaban J connectivity index is 1.59. The molecule has 2 aliphatic rings. The van der Waals surface area contributed by atoms with Gasteiger partial charge in [-0.05, 0) is 18.8 Å². The molecule has 5 nitrogen and oxygen atoms in total. The van der Waals surface area contributed by atoms with E-state index in [-0.39, 0.29) is 6.10 Å². The van der Waals surface area contributed by atoms with Crippen molar-refractivity contribution in [3.63, 3.8) is 0 Å². The number of rotatable bonds is 3. The van der Waals surface area contributed by atoms with E-state index in [9.17, 15) is 0 Å². The molecule has 1 aliphatic carbocycles. The molecule has 3 unspecified atom stereocenters. The molecule has 19 heavy (non-hydrogen) atoms. The third-order valence-corrected chi connectivity index (χ3v) is 4.19. The number of hydrogen-bond donors (Lipinski definition) is 1. The summed E-state index contributed by atoms with van der Waals surface area (Å²) in [6.07, 6.45) is 5.91. The first-order valence-corrected chi connectivity index (χ1v) is 7.46. The van der Waals surface area contributed by atoms with E-state index in [1.807, 2.05) is 0 Å². The molecule has 1 aromatic heterocycles. The maximum atomic E-state index is 5.66. The van der Waals surface area contributed by atoms with Crippen LogP contribution in [0.25, 0.3) is 0 Å². The molecule has 0 spiro atoms. The van der Waals surface area contributed by atoms with E-state index in [0.717, 1.165) is 43.8 Å². The van der Waals surface area contributed by atoms with Gasteiger partial charge in [-0.25, -0.2) is 0 Å². The maximum absolute atomic E-state index is 5.66. The zero-order chi connectivity index (χ0) is 13.1. The standard InChI is InChI=1S/C14H23N3O2/c1-10-3-2-4-11(7-10)14-16-13(19-17-14)8-12-9-15-5-6-18-12/h10-12,15H,2-9H2,1H3. The molecule has 0 bridgehead atoms. The van der Waals surface area contributed by atoms with Gasteiger partial charge in [-0.1, -0.05) is 24.9 Å². The quantitative estimate of drug-likeness (QED) is 0.904. The first-order valence-electron chi connectivity index (χ1n) is 7.46. The zero-order valence-electron chi connectivity index (χ0n) is 11.6. The molecule has 0 amide bonds. The maximum Gasteiger partial charge on any atom is 0.229 e. The largest absolute Gasteiger partial charge is 0.375 e. The lowest BCUT2D eigenvalue weighted by atomic mass is 9.82. The molecular weight excluding hydrogens is 242 g/mol. The van der Waals surface area contributed by atoms with Crippen LogP contribution in [0.2, 0.25) is 0 Å². The van der Waals surface area contributed by atoms with Gasteiger partial charge in [-0.15, -0.1) is 0 Å². The number of aromatic nitrogens is 2. The van der Waals surface area contributed by atoms with Gasteiger partial charge >= 0.3 is 0 Å². The average molecular weight is 265 g/mol. The molecule has 1 aliphatic heterocycles. The molecule has 2 heterocycles. The van der Waals surface area contributed by atoms with Crippen LogP contribution in [0, 0.1) is 5.92 Å². The van der Waals surface area contributed by atoms with Crippen LogP contribution >= 0.6 is 0 Å². The summed E-state index contributed by atoms with van der Waals surface area (Å²) in [7, 11) is 0. The van der Waals surface area contributed by atoms with Crippen molar-refractivity contribution in [1.82, 2.24) is 15.5 Å². The van der Waals surface area contributed by atoms with Crippen LogP contribution in [-0.2, 0) is 11.2 Å². The normalized spacial score (nSPS) is 32.4. The third-order valence-electron chi connectivity index (χ3n) is 4.19. The van der Waals surface area contributed by atoms with Gasteiger partial charge in [0.05, 0.1) is 19.1 Å². The minimum absolute atomic E-state index is 0.173. The van der Waals surface area contributed by atoms with Gasteiger partial charge in [0, 0.05) is 19.0 Å². The van der Waals surface area contributed by atoms with Crippen molar-refractivity contribution in [2.75, 3.05) is 19.7 Å². The summed E-state index contributed by atoms with van der Waals surface area (Å²) in [6.45, 7) is 4.89. The van der Waals surface area contributed by atoms with Crippen LogP contribution in [-0.4, -0.2) is 35.9 Å². The molecule has 1 saturated heterocycles. The fourth-order valence-electron chi connectivity index (χ4n) is 3.13. The molecule has 106 valence electrons. The molecule has 1 saturated carbocycles.